The van der Waals surface area contributed by atoms with Crippen molar-refractivity contribution in [3.63, 3.8) is 0 Å². The molecule has 0 amide bonds. The Bertz CT molecular complexity index is 128. The van der Waals surface area contributed by atoms with Gasteiger partial charge in [-0.1, -0.05) is 38.2 Å². The smallest absolute Gasteiger partial charge is 0.00509 e. The minimum Gasteiger partial charge on any atom is -0.0842 e. The molecular formula is C10H16. The zero-order valence-corrected chi connectivity index (χ0v) is 6.88. The van der Waals surface area contributed by atoms with E-state index in [0.717, 1.165) is 12.3 Å². The van der Waals surface area contributed by atoms with Crippen molar-refractivity contribution in [3.05, 3.63) is 24.3 Å². The topological polar surface area (TPSA) is 0 Å². The first-order valence-corrected chi connectivity index (χ1v) is 4.12. The van der Waals surface area contributed by atoms with E-state index < -0.39 is 0 Å². The van der Waals surface area contributed by atoms with Crippen molar-refractivity contribution in [2.45, 2.75) is 26.7 Å². The van der Waals surface area contributed by atoms with E-state index in [1.165, 1.54) is 6.42 Å². The molecule has 0 aliphatic heterocycles. The van der Waals surface area contributed by atoms with E-state index in [-0.39, 0.29) is 0 Å². The third-order valence-corrected chi connectivity index (χ3v) is 1.78. The largest absolute Gasteiger partial charge is 0.0842 e. The Balaban J connectivity index is 2.33. The van der Waals surface area contributed by atoms with Gasteiger partial charge in [0.2, 0.25) is 0 Å². The van der Waals surface area contributed by atoms with Crippen molar-refractivity contribution in [1.29, 1.82) is 0 Å². The van der Waals surface area contributed by atoms with Gasteiger partial charge >= 0.3 is 0 Å². The fraction of sp³-hybridized carbons (Fsp3) is 0.600. The summed E-state index contributed by atoms with van der Waals surface area (Å²) in [4.78, 5) is 0. The molecule has 0 unspecified atom stereocenters. The van der Waals surface area contributed by atoms with Gasteiger partial charge < -0.3 is 0 Å². The molecule has 56 valence electrons. The molecule has 0 heteroatoms. The minimum atomic E-state index is 0.716. The van der Waals surface area contributed by atoms with Gasteiger partial charge in [-0.05, 0) is 24.7 Å². The molecule has 0 aromatic heterocycles. The molecule has 0 fully saturated rings. The quantitative estimate of drug-likeness (QED) is 0.511. The van der Waals surface area contributed by atoms with Crippen LogP contribution in [-0.4, -0.2) is 0 Å². The van der Waals surface area contributed by atoms with Crippen LogP contribution < -0.4 is 0 Å². The van der Waals surface area contributed by atoms with Crippen molar-refractivity contribution in [2.75, 3.05) is 0 Å². The van der Waals surface area contributed by atoms with Crippen LogP contribution in [0.25, 0.3) is 0 Å². The average molecular weight is 136 g/mol. The monoisotopic (exact) mass is 136 g/mol. The van der Waals surface area contributed by atoms with Crippen LogP contribution in [0.2, 0.25) is 0 Å². The molecule has 1 rings (SSSR count). The molecule has 0 aromatic rings. The van der Waals surface area contributed by atoms with Crippen molar-refractivity contribution >= 4 is 0 Å². The zero-order chi connectivity index (χ0) is 7.40. The van der Waals surface area contributed by atoms with Crippen LogP contribution in [0.15, 0.2) is 24.3 Å². The highest BCUT2D eigenvalue weighted by Crippen LogP contribution is 2.17. The molecular weight excluding hydrogens is 120 g/mol. The van der Waals surface area contributed by atoms with Crippen LogP contribution >= 0.6 is 0 Å². The molecule has 1 aliphatic rings. The van der Waals surface area contributed by atoms with E-state index in [1.807, 2.05) is 0 Å². The molecule has 0 nitrogen and oxygen atoms in total. The molecule has 1 aliphatic carbocycles. The Labute approximate surface area is 63.6 Å². The van der Waals surface area contributed by atoms with Crippen LogP contribution in [0, 0.1) is 11.8 Å². The molecule has 0 aromatic carbocycles. The average Bonchev–Trinajstić information content (AvgIpc) is 1.88. The maximum absolute atomic E-state index is 2.32. The van der Waals surface area contributed by atoms with Crippen molar-refractivity contribution < 1.29 is 0 Å². The van der Waals surface area contributed by atoms with Crippen molar-refractivity contribution in [1.82, 2.24) is 0 Å². The summed E-state index contributed by atoms with van der Waals surface area (Å²) in [5, 5.41) is 0. The molecule has 10 heavy (non-hydrogen) atoms. The van der Waals surface area contributed by atoms with Gasteiger partial charge in [0, 0.05) is 0 Å². The van der Waals surface area contributed by atoms with E-state index in [4.69, 9.17) is 0 Å². The summed E-state index contributed by atoms with van der Waals surface area (Å²) in [5.74, 6) is 1.53. The normalized spacial score (nSPS) is 18.7. The first kappa shape index (κ1) is 7.59. The molecule has 0 heterocycles. The Morgan fingerprint density at radius 2 is 1.90 bits per heavy atom. The second-order valence-corrected chi connectivity index (χ2v) is 3.39. The number of hydrogen-bond donors (Lipinski definition) is 0. The number of allylic oxidation sites excluding steroid dienone is 4. The van der Waals surface area contributed by atoms with E-state index >= 15 is 0 Å². The lowest BCUT2D eigenvalue weighted by Gasteiger charge is -2.12. The zero-order valence-electron chi connectivity index (χ0n) is 6.88. The molecule has 0 radical (unpaired) electrons. The predicted molar refractivity (Wildman–Crippen MR) is 45.8 cm³/mol. The lowest BCUT2D eigenvalue weighted by molar-refractivity contribution is 0.530. The lowest BCUT2D eigenvalue weighted by Crippen LogP contribution is -1.99. The highest BCUT2D eigenvalue weighted by molar-refractivity contribution is 5.08. The van der Waals surface area contributed by atoms with Gasteiger partial charge in [0.1, 0.15) is 0 Å². The summed E-state index contributed by atoms with van der Waals surface area (Å²) in [6.45, 7) is 4.55. The number of rotatable bonds is 2. The van der Waals surface area contributed by atoms with E-state index in [9.17, 15) is 0 Å². The standard InChI is InChI=1S/C10H16/c1-9(2)8-10-6-4-3-5-7-10/h4-7,9-10H,3,8H2,1-2H3. The van der Waals surface area contributed by atoms with Crippen LogP contribution in [0.4, 0.5) is 0 Å². The molecule has 0 saturated heterocycles. The van der Waals surface area contributed by atoms with Gasteiger partial charge in [0.25, 0.3) is 0 Å². The first-order valence-electron chi connectivity index (χ1n) is 4.12. The highest BCUT2D eigenvalue weighted by Gasteiger charge is 2.04. The summed E-state index contributed by atoms with van der Waals surface area (Å²) in [6.07, 6.45) is 11.6. The third kappa shape index (κ3) is 2.38. The first-order chi connectivity index (χ1) is 4.79. The Morgan fingerprint density at radius 1 is 1.30 bits per heavy atom. The third-order valence-electron chi connectivity index (χ3n) is 1.78. The van der Waals surface area contributed by atoms with Crippen LogP contribution in [0.5, 0.6) is 0 Å². The van der Waals surface area contributed by atoms with E-state index in [2.05, 4.69) is 38.2 Å². The van der Waals surface area contributed by atoms with Gasteiger partial charge in [-0.25, -0.2) is 0 Å². The molecule has 0 spiro atoms. The molecule has 0 saturated carbocycles. The maximum atomic E-state index is 2.32. The lowest BCUT2D eigenvalue weighted by atomic mass is 9.94. The van der Waals surface area contributed by atoms with Gasteiger partial charge in [0.15, 0.2) is 0 Å². The Kier molecular flexibility index (Phi) is 2.73. The summed E-state index contributed by atoms with van der Waals surface area (Å²) < 4.78 is 0. The summed E-state index contributed by atoms with van der Waals surface area (Å²) >= 11 is 0. The number of hydrogen-bond acceptors (Lipinski definition) is 0. The van der Waals surface area contributed by atoms with Crippen molar-refractivity contribution in [2.24, 2.45) is 11.8 Å². The van der Waals surface area contributed by atoms with Gasteiger partial charge in [0.05, 0.1) is 0 Å². The highest BCUT2D eigenvalue weighted by atomic mass is 14.1. The second kappa shape index (κ2) is 3.60. The molecule has 0 atom stereocenters. The van der Waals surface area contributed by atoms with Crippen LogP contribution in [0.1, 0.15) is 26.7 Å². The molecule has 0 bridgehead atoms. The summed E-state index contributed by atoms with van der Waals surface area (Å²) in [5.41, 5.74) is 0. The SMILES string of the molecule is CC(C)CC1C=CCC=C1. The van der Waals surface area contributed by atoms with E-state index in [1.54, 1.807) is 0 Å². The van der Waals surface area contributed by atoms with Crippen LogP contribution in [0.3, 0.4) is 0 Å². The van der Waals surface area contributed by atoms with Crippen molar-refractivity contribution in [3.8, 4) is 0 Å². The fourth-order valence-corrected chi connectivity index (χ4v) is 1.35. The fourth-order valence-electron chi connectivity index (χ4n) is 1.35. The van der Waals surface area contributed by atoms with Gasteiger partial charge in [-0.3, -0.25) is 0 Å². The van der Waals surface area contributed by atoms with Gasteiger partial charge in [-0.15, -0.1) is 0 Å². The summed E-state index contributed by atoms with van der Waals surface area (Å²) in [7, 11) is 0. The Morgan fingerprint density at radius 3 is 2.40 bits per heavy atom. The predicted octanol–water partition coefficient (Wildman–Crippen LogP) is 3.16. The minimum absolute atomic E-state index is 0.716. The maximum Gasteiger partial charge on any atom is -0.00509 e. The second-order valence-electron chi connectivity index (χ2n) is 3.39. The van der Waals surface area contributed by atoms with E-state index in [0.29, 0.717) is 5.92 Å². The van der Waals surface area contributed by atoms with Gasteiger partial charge in [-0.2, -0.15) is 0 Å². The van der Waals surface area contributed by atoms with Crippen LogP contribution in [-0.2, 0) is 0 Å². The molecule has 0 N–H and O–H groups in total. The summed E-state index contributed by atoms with van der Waals surface area (Å²) in [6, 6.07) is 0. The Hall–Kier alpha value is -0.520.